The largest absolute Gasteiger partial charge is 0.418 e. The number of nitrogens with two attached hydrogens (primary N) is 1. The van der Waals surface area contributed by atoms with Crippen molar-refractivity contribution in [3.8, 4) is 0 Å². The number of nitrogens with zero attached hydrogens (tertiary/aromatic N) is 1. The molecule has 0 aromatic carbocycles. The number of halogens is 3. The van der Waals surface area contributed by atoms with Gasteiger partial charge in [0.1, 0.15) is 0 Å². The molecule has 0 fully saturated rings. The number of rotatable bonds is 3. The first-order chi connectivity index (χ1) is 7.26. The first kappa shape index (κ1) is 12.9. The van der Waals surface area contributed by atoms with Crippen LogP contribution in [0.4, 0.5) is 13.2 Å². The Hall–Kier alpha value is -1.14. The van der Waals surface area contributed by atoms with Gasteiger partial charge in [-0.05, 0) is 25.0 Å². The molecule has 1 atom stereocenters. The van der Waals surface area contributed by atoms with Crippen molar-refractivity contribution >= 4 is 0 Å². The maximum atomic E-state index is 12.6. The standard InChI is InChI=1S/C10H13F3N2O/c1-9(14,6-16)4-7-2-3-15-5-8(7)10(11,12)13/h2-3,5,16H,4,6,14H2,1H3. The summed E-state index contributed by atoms with van der Waals surface area (Å²) in [5, 5.41) is 8.93. The van der Waals surface area contributed by atoms with E-state index in [2.05, 4.69) is 4.98 Å². The van der Waals surface area contributed by atoms with Crippen LogP contribution in [0.15, 0.2) is 18.5 Å². The second-order valence-electron chi connectivity index (χ2n) is 4.02. The molecule has 1 aromatic rings. The summed E-state index contributed by atoms with van der Waals surface area (Å²) < 4.78 is 37.8. The van der Waals surface area contributed by atoms with E-state index in [9.17, 15) is 13.2 Å². The fourth-order valence-electron chi connectivity index (χ4n) is 1.32. The SMILES string of the molecule is CC(N)(CO)Cc1ccncc1C(F)(F)F. The minimum absolute atomic E-state index is 0.0431. The zero-order chi connectivity index (χ0) is 12.4. The molecule has 3 N–H and O–H groups in total. The highest BCUT2D eigenvalue weighted by Crippen LogP contribution is 2.32. The second-order valence-corrected chi connectivity index (χ2v) is 4.02. The molecule has 6 heteroatoms. The molecule has 3 nitrogen and oxygen atoms in total. The van der Waals surface area contributed by atoms with E-state index in [0.717, 1.165) is 6.20 Å². The van der Waals surface area contributed by atoms with Gasteiger partial charge in [-0.1, -0.05) is 0 Å². The van der Waals surface area contributed by atoms with Crippen LogP contribution in [0.3, 0.4) is 0 Å². The Balaban J connectivity index is 3.06. The zero-order valence-electron chi connectivity index (χ0n) is 8.75. The van der Waals surface area contributed by atoms with Crippen molar-refractivity contribution in [3.05, 3.63) is 29.6 Å². The van der Waals surface area contributed by atoms with Gasteiger partial charge < -0.3 is 10.8 Å². The summed E-state index contributed by atoms with van der Waals surface area (Å²) in [6, 6.07) is 1.27. The Morgan fingerprint density at radius 1 is 1.44 bits per heavy atom. The first-order valence-electron chi connectivity index (χ1n) is 4.66. The number of pyridine rings is 1. The molecule has 0 bridgehead atoms. The van der Waals surface area contributed by atoms with Gasteiger partial charge in [0.25, 0.3) is 0 Å². The maximum absolute atomic E-state index is 12.6. The van der Waals surface area contributed by atoms with E-state index in [0.29, 0.717) is 0 Å². The highest BCUT2D eigenvalue weighted by molar-refractivity contribution is 5.27. The molecule has 1 unspecified atom stereocenters. The normalized spacial score (nSPS) is 15.9. The molecule has 90 valence electrons. The topological polar surface area (TPSA) is 59.1 Å². The fourth-order valence-corrected chi connectivity index (χ4v) is 1.32. The Bertz CT molecular complexity index is 363. The average Bonchev–Trinajstić information content (AvgIpc) is 2.16. The molecule has 0 radical (unpaired) electrons. The number of aromatic nitrogens is 1. The van der Waals surface area contributed by atoms with Gasteiger partial charge in [-0.2, -0.15) is 13.2 Å². The Morgan fingerprint density at radius 2 is 2.06 bits per heavy atom. The van der Waals surface area contributed by atoms with Crippen LogP contribution in [-0.4, -0.2) is 22.2 Å². The third-order valence-corrected chi connectivity index (χ3v) is 2.17. The molecule has 0 saturated heterocycles. The predicted molar refractivity (Wildman–Crippen MR) is 52.6 cm³/mol. The molecule has 1 rings (SSSR count). The number of hydrogen-bond acceptors (Lipinski definition) is 3. The van der Waals surface area contributed by atoms with Gasteiger partial charge in [-0.25, -0.2) is 0 Å². The number of aliphatic hydroxyl groups excluding tert-OH is 1. The quantitative estimate of drug-likeness (QED) is 0.830. The summed E-state index contributed by atoms with van der Waals surface area (Å²) in [4.78, 5) is 3.44. The lowest BCUT2D eigenvalue weighted by atomic mass is 9.93. The minimum atomic E-state index is -4.45. The Kier molecular flexibility index (Phi) is 3.54. The van der Waals surface area contributed by atoms with E-state index >= 15 is 0 Å². The third-order valence-electron chi connectivity index (χ3n) is 2.17. The van der Waals surface area contributed by atoms with Crippen LogP contribution < -0.4 is 5.73 Å². The van der Waals surface area contributed by atoms with Crippen molar-refractivity contribution in [2.45, 2.75) is 25.1 Å². The van der Waals surface area contributed by atoms with Crippen LogP contribution in [0.2, 0.25) is 0 Å². The molecule has 16 heavy (non-hydrogen) atoms. The lowest BCUT2D eigenvalue weighted by molar-refractivity contribution is -0.138. The van der Waals surface area contributed by atoms with E-state index < -0.39 is 17.3 Å². The van der Waals surface area contributed by atoms with Crippen LogP contribution in [0, 0.1) is 0 Å². The van der Waals surface area contributed by atoms with E-state index in [1.54, 1.807) is 0 Å². The highest BCUT2D eigenvalue weighted by Gasteiger charge is 2.34. The summed E-state index contributed by atoms with van der Waals surface area (Å²) in [5.41, 5.74) is 3.79. The van der Waals surface area contributed by atoms with Crippen LogP contribution >= 0.6 is 0 Å². The van der Waals surface area contributed by atoms with Gasteiger partial charge in [0, 0.05) is 17.9 Å². The van der Waals surface area contributed by atoms with E-state index in [1.165, 1.54) is 19.2 Å². The minimum Gasteiger partial charge on any atom is -0.394 e. The van der Waals surface area contributed by atoms with Crippen LogP contribution in [0.1, 0.15) is 18.1 Å². The Morgan fingerprint density at radius 3 is 2.56 bits per heavy atom. The van der Waals surface area contributed by atoms with Crippen molar-refractivity contribution < 1.29 is 18.3 Å². The van der Waals surface area contributed by atoms with E-state index in [-0.39, 0.29) is 18.6 Å². The van der Waals surface area contributed by atoms with Gasteiger partial charge in [0.2, 0.25) is 0 Å². The highest BCUT2D eigenvalue weighted by atomic mass is 19.4. The third kappa shape index (κ3) is 3.18. The predicted octanol–water partition coefficient (Wildman–Crippen LogP) is 1.35. The average molecular weight is 234 g/mol. The first-order valence-corrected chi connectivity index (χ1v) is 4.66. The summed E-state index contributed by atoms with van der Waals surface area (Å²) in [6.45, 7) is 1.11. The summed E-state index contributed by atoms with van der Waals surface area (Å²) >= 11 is 0. The molecule has 0 spiro atoms. The summed E-state index contributed by atoms with van der Waals surface area (Å²) in [7, 11) is 0. The second kappa shape index (κ2) is 4.39. The molecule has 0 aliphatic carbocycles. The lowest BCUT2D eigenvalue weighted by Crippen LogP contribution is -2.42. The molecular weight excluding hydrogens is 221 g/mol. The van der Waals surface area contributed by atoms with Crippen LogP contribution in [-0.2, 0) is 12.6 Å². The van der Waals surface area contributed by atoms with E-state index in [1.807, 2.05) is 0 Å². The number of aliphatic hydroxyl groups is 1. The van der Waals surface area contributed by atoms with Gasteiger partial charge >= 0.3 is 6.18 Å². The lowest BCUT2D eigenvalue weighted by Gasteiger charge is -2.23. The van der Waals surface area contributed by atoms with Crippen molar-refractivity contribution in [3.63, 3.8) is 0 Å². The smallest absolute Gasteiger partial charge is 0.394 e. The molecule has 0 saturated carbocycles. The van der Waals surface area contributed by atoms with Crippen molar-refractivity contribution in [2.75, 3.05) is 6.61 Å². The number of hydrogen-bond donors (Lipinski definition) is 2. The summed E-state index contributed by atoms with van der Waals surface area (Å²) in [6.07, 6.45) is -2.46. The maximum Gasteiger partial charge on any atom is 0.418 e. The van der Waals surface area contributed by atoms with Gasteiger partial charge in [-0.15, -0.1) is 0 Å². The van der Waals surface area contributed by atoms with Crippen molar-refractivity contribution in [1.29, 1.82) is 0 Å². The molecule has 1 heterocycles. The van der Waals surface area contributed by atoms with Crippen LogP contribution in [0.5, 0.6) is 0 Å². The monoisotopic (exact) mass is 234 g/mol. The number of alkyl halides is 3. The van der Waals surface area contributed by atoms with Gasteiger partial charge in [0.05, 0.1) is 12.2 Å². The summed E-state index contributed by atoms with van der Waals surface area (Å²) in [5.74, 6) is 0. The molecule has 0 aliphatic heterocycles. The van der Waals surface area contributed by atoms with E-state index in [4.69, 9.17) is 10.8 Å². The molecule has 0 amide bonds. The van der Waals surface area contributed by atoms with Crippen molar-refractivity contribution in [2.24, 2.45) is 5.73 Å². The van der Waals surface area contributed by atoms with Gasteiger partial charge in [-0.3, -0.25) is 4.98 Å². The molecule has 0 aliphatic rings. The fraction of sp³-hybridized carbons (Fsp3) is 0.500. The molecular formula is C10H13F3N2O. The van der Waals surface area contributed by atoms with Crippen molar-refractivity contribution in [1.82, 2.24) is 4.98 Å². The Labute approximate surface area is 91.1 Å². The van der Waals surface area contributed by atoms with Crippen LogP contribution in [0.25, 0.3) is 0 Å². The van der Waals surface area contributed by atoms with Gasteiger partial charge in [0.15, 0.2) is 0 Å². The zero-order valence-corrected chi connectivity index (χ0v) is 8.75. The molecule has 1 aromatic heterocycles.